The molecule has 5 nitrogen and oxygen atoms in total. The summed E-state index contributed by atoms with van der Waals surface area (Å²) in [4.78, 5) is 8.43. The minimum absolute atomic E-state index is 0. The fraction of sp³-hybridized carbons (Fsp3) is 0.333. The Kier molecular flexibility index (Phi) is 8.08. The first-order valence-electron chi connectivity index (χ1n) is 7.73. The molecule has 0 radical (unpaired) electrons. The lowest BCUT2D eigenvalue weighted by Crippen LogP contribution is -2.47. The van der Waals surface area contributed by atoms with Crippen molar-refractivity contribution in [2.24, 2.45) is 4.99 Å². The monoisotopic (exact) mass is 458 g/mol. The summed E-state index contributed by atoms with van der Waals surface area (Å²) in [6.45, 7) is 6.65. The van der Waals surface area contributed by atoms with E-state index >= 15 is 0 Å². The van der Waals surface area contributed by atoms with Crippen molar-refractivity contribution < 1.29 is 9.13 Å². The van der Waals surface area contributed by atoms with E-state index in [1.165, 1.54) is 12.1 Å². The van der Waals surface area contributed by atoms with Gasteiger partial charge in [0.25, 0.3) is 0 Å². The molecule has 2 N–H and O–H groups in total. The Morgan fingerprint density at radius 2 is 2.00 bits per heavy atom. The average Bonchev–Trinajstić information content (AvgIpc) is 2.51. The molecule has 0 saturated heterocycles. The molecule has 1 heterocycles. The van der Waals surface area contributed by atoms with Crippen LogP contribution in [0.25, 0.3) is 0 Å². The SMILES string of the molecule is CN=C(NCc1cccnc1Oc1cccc(F)c1)NC(C)(C)C.I. The highest BCUT2D eigenvalue weighted by Gasteiger charge is 2.13. The van der Waals surface area contributed by atoms with Crippen molar-refractivity contribution in [2.45, 2.75) is 32.9 Å². The molecule has 0 aliphatic carbocycles. The second kappa shape index (κ2) is 9.55. The molecule has 2 rings (SSSR count). The zero-order chi connectivity index (χ0) is 17.6. The first-order valence-corrected chi connectivity index (χ1v) is 7.73. The second-order valence-electron chi connectivity index (χ2n) is 6.33. The fourth-order valence-electron chi connectivity index (χ4n) is 2.01. The molecule has 0 bridgehead atoms. The van der Waals surface area contributed by atoms with Crippen molar-refractivity contribution in [3.05, 3.63) is 54.0 Å². The van der Waals surface area contributed by atoms with Gasteiger partial charge < -0.3 is 15.4 Å². The molecule has 136 valence electrons. The normalized spacial score (nSPS) is 11.5. The van der Waals surface area contributed by atoms with Crippen LogP contribution in [-0.4, -0.2) is 23.5 Å². The topological polar surface area (TPSA) is 58.5 Å². The van der Waals surface area contributed by atoms with Gasteiger partial charge >= 0.3 is 0 Å². The van der Waals surface area contributed by atoms with Crippen LogP contribution in [0, 0.1) is 5.82 Å². The minimum Gasteiger partial charge on any atom is -0.439 e. The quantitative estimate of drug-likeness (QED) is 0.412. The van der Waals surface area contributed by atoms with Gasteiger partial charge in [-0.3, -0.25) is 4.99 Å². The zero-order valence-corrected chi connectivity index (χ0v) is 17.2. The van der Waals surface area contributed by atoms with Crippen molar-refractivity contribution in [3.8, 4) is 11.6 Å². The summed E-state index contributed by atoms with van der Waals surface area (Å²) < 4.78 is 19.0. The summed E-state index contributed by atoms with van der Waals surface area (Å²) in [5, 5.41) is 6.51. The van der Waals surface area contributed by atoms with Crippen LogP contribution in [-0.2, 0) is 6.54 Å². The first-order chi connectivity index (χ1) is 11.4. The van der Waals surface area contributed by atoms with E-state index in [0.29, 0.717) is 24.1 Å². The second-order valence-corrected chi connectivity index (χ2v) is 6.33. The van der Waals surface area contributed by atoms with Gasteiger partial charge in [0.15, 0.2) is 5.96 Å². The summed E-state index contributed by atoms with van der Waals surface area (Å²) in [6.07, 6.45) is 1.64. The number of nitrogens with one attached hydrogen (secondary N) is 2. The molecule has 25 heavy (non-hydrogen) atoms. The van der Waals surface area contributed by atoms with Gasteiger partial charge in [-0.1, -0.05) is 12.1 Å². The summed E-state index contributed by atoms with van der Waals surface area (Å²) in [5.74, 6) is 1.18. The van der Waals surface area contributed by atoms with Gasteiger partial charge in [-0.2, -0.15) is 0 Å². The van der Waals surface area contributed by atoms with Gasteiger partial charge in [-0.15, -0.1) is 24.0 Å². The number of halogens is 2. The van der Waals surface area contributed by atoms with Crippen molar-refractivity contribution in [1.82, 2.24) is 15.6 Å². The molecule has 0 fully saturated rings. The van der Waals surface area contributed by atoms with Crippen LogP contribution >= 0.6 is 24.0 Å². The molecule has 7 heteroatoms. The molecule has 0 atom stereocenters. The number of nitrogens with zero attached hydrogens (tertiary/aromatic N) is 2. The van der Waals surface area contributed by atoms with Crippen molar-refractivity contribution in [2.75, 3.05) is 7.05 Å². The van der Waals surface area contributed by atoms with Gasteiger partial charge in [0.2, 0.25) is 5.88 Å². The largest absolute Gasteiger partial charge is 0.439 e. The number of aliphatic imine (C=N–C) groups is 1. The highest BCUT2D eigenvalue weighted by Crippen LogP contribution is 2.23. The van der Waals surface area contributed by atoms with Crippen LogP contribution in [0.2, 0.25) is 0 Å². The van der Waals surface area contributed by atoms with Crippen LogP contribution in [0.3, 0.4) is 0 Å². The standard InChI is InChI=1S/C18H23FN4O.HI/c1-18(2,3)23-17(20-4)22-12-13-7-6-10-21-16(13)24-15-9-5-8-14(19)11-15;/h5-11H,12H2,1-4H3,(H2,20,22,23);1H. The molecule has 1 aromatic heterocycles. The van der Waals surface area contributed by atoms with Gasteiger partial charge in [0, 0.05) is 37.0 Å². The van der Waals surface area contributed by atoms with Gasteiger partial charge in [0.05, 0.1) is 0 Å². The maximum Gasteiger partial charge on any atom is 0.224 e. The molecule has 0 aliphatic heterocycles. The van der Waals surface area contributed by atoms with Crippen LogP contribution in [0.1, 0.15) is 26.3 Å². The van der Waals surface area contributed by atoms with E-state index in [2.05, 4.69) is 41.4 Å². The van der Waals surface area contributed by atoms with Crippen LogP contribution in [0.4, 0.5) is 4.39 Å². The van der Waals surface area contributed by atoms with Gasteiger partial charge in [-0.05, 0) is 39.0 Å². The lowest BCUT2D eigenvalue weighted by Gasteiger charge is -2.24. The van der Waals surface area contributed by atoms with Crippen LogP contribution < -0.4 is 15.4 Å². The molecule has 0 amide bonds. The highest BCUT2D eigenvalue weighted by atomic mass is 127. The lowest BCUT2D eigenvalue weighted by atomic mass is 10.1. The third-order valence-electron chi connectivity index (χ3n) is 3.02. The molecule has 2 aromatic rings. The minimum atomic E-state index is -0.349. The van der Waals surface area contributed by atoms with E-state index in [1.54, 1.807) is 25.4 Å². The van der Waals surface area contributed by atoms with E-state index in [0.717, 1.165) is 5.56 Å². The van der Waals surface area contributed by atoms with Crippen molar-refractivity contribution >= 4 is 29.9 Å². The number of ether oxygens (including phenoxy) is 1. The number of hydrogen-bond donors (Lipinski definition) is 2. The average molecular weight is 458 g/mol. The number of rotatable bonds is 4. The Bertz CT molecular complexity index is 716. The number of benzene rings is 1. The molecule has 1 aromatic carbocycles. The van der Waals surface area contributed by atoms with E-state index < -0.39 is 0 Å². The predicted molar refractivity (Wildman–Crippen MR) is 109 cm³/mol. The Morgan fingerprint density at radius 1 is 1.24 bits per heavy atom. The number of guanidine groups is 1. The van der Waals surface area contributed by atoms with E-state index in [1.807, 2.05) is 12.1 Å². The van der Waals surface area contributed by atoms with Crippen molar-refractivity contribution in [3.63, 3.8) is 0 Å². The Morgan fingerprint density at radius 3 is 2.64 bits per heavy atom. The lowest BCUT2D eigenvalue weighted by molar-refractivity contribution is 0.450. The Labute approximate surface area is 165 Å². The van der Waals surface area contributed by atoms with E-state index in [4.69, 9.17) is 4.74 Å². The Balaban J connectivity index is 0.00000312. The third-order valence-corrected chi connectivity index (χ3v) is 3.02. The first kappa shape index (κ1) is 21.1. The number of hydrogen-bond acceptors (Lipinski definition) is 3. The summed E-state index contributed by atoms with van der Waals surface area (Å²) >= 11 is 0. The molecular weight excluding hydrogens is 434 g/mol. The smallest absolute Gasteiger partial charge is 0.224 e. The maximum absolute atomic E-state index is 13.3. The van der Waals surface area contributed by atoms with Crippen LogP contribution in [0.5, 0.6) is 11.6 Å². The van der Waals surface area contributed by atoms with Crippen LogP contribution in [0.15, 0.2) is 47.6 Å². The predicted octanol–water partition coefficient (Wildman–Crippen LogP) is 4.09. The van der Waals surface area contributed by atoms with Gasteiger partial charge in [0.1, 0.15) is 11.6 Å². The molecule has 0 saturated carbocycles. The zero-order valence-electron chi connectivity index (χ0n) is 14.8. The summed E-state index contributed by atoms with van der Waals surface area (Å²) in [5.41, 5.74) is 0.746. The fourth-order valence-corrected chi connectivity index (χ4v) is 2.01. The maximum atomic E-state index is 13.3. The number of pyridine rings is 1. The molecule has 0 spiro atoms. The molecule has 0 aliphatic rings. The van der Waals surface area contributed by atoms with Gasteiger partial charge in [-0.25, -0.2) is 9.37 Å². The highest BCUT2D eigenvalue weighted by molar-refractivity contribution is 14.0. The Hall–Kier alpha value is -1.90. The summed E-state index contributed by atoms with van der Waals surface area (Å²) in [6, 6.07) is 9.71. The number of aromatic nitrogens is 1. The summed E-state index contributed by atoms with van der Waals surface area (Å²) in [7, 11) is 1.72. The van der Waals surface area contributed by atoms with E-state index in [-0.39, 0.29) is 35.3 Å². The third kappa shape index (κ3) is 7.25. The molecule has 0 unspecified atom stereocenters. The van der Waals surface area contributed by atoms with E-state index in [9.17, 15) is 4.39 Å². The molecular formula is C18H24FIN4O. The van der Waals surface area contributed by atoms with Crippen molar-refractivity contribution in [1.29, 1.82) is 0 Å².